The maximum absolute atomic E-state index is 12.1. The number of benzene rings is 2. The normalized spacial score (nSPS) is 16.5. The van der Waals surface area contributed by atoms with Crippen molar-refractivity contribution in [1.29, 1.82) is 0 Å². The first-order chi connectivity index (χ1) is 14.9. The molecule has 1 aliphatic heterocycles. The molecule has 5 nitrogen and oxygen atoms in total. The zero-order valence-electron chi connectivity index (χ0n) is 19.0. The highest BCUT2D eigenvalue weighted by Crippen LogP contribution is 2.27. The lowest BCUT2D eigenvalue weighted by atomic mass is 10.0. The molecule has 0 N–H and O–H groups in total. The van der Waals surface area contributed by atoms with Gasteiger partial charge in [-0.2, -0.15) is 5.10 Å². The molecule has 0 bridgehead atoms. The van der Waals surface area contributed by atoms with Gasteiger partial charge >= 0.3 is 0 Å². The molecule has 1 aliphatic rings. The molecule has 0 aliphatic carbocycles. The third-order valence-corrected chi connectivity index (χ3v) is 6.07. The van der Waals surface area contributed by atoms with Crippen molar-refractivity contribution in [1.82, 2.24) is 19.6 Å². The van der Waals surface area contributed by atoms with Crippen molar-refractivity contribution >= 4 is 5.91 Å². The Hall–Kier alpha value is -2.92. The van der Waals surface area contributed by atoms with E-state index in [1.165, 1.54) is 16.7 Å². The Morgan fingerprint density at radius 2 is 1.87 bits per heavy atom. The highest BCUT2D eigenvalue weighted by atomic mass is 16.2. The summed E-state index contributed by atoms with van der Waals surface area (Å²) in [7, 11) is 2.14. The van der Waals surface area contributed by atoms with E-state index in [0.29, 0.717) is 12.3 Å². The number of hydrogen-bond acceptors (Lipinski definition) is 3. The van der Waals surface area contributed by atoms with E-state index in [1.54, 1.807) is 0 Å². The topological polar surface area (TPSA) is 41.4 Å². The summed E-state index contributed by atoms with van der Waals surface area (Å²) in [6, 6.07) is 17.0. The number of carbonyl (C=O) groups excluding carboxylic acids is 1. The zero-order chi connectivity index (χ0) is 22.0. The summed E-state index contributed by atoms with van der Waals surface area (Å²) in [5.41, 5.74) is 6.89. The molecule has 0 unspecified atom stereocenters. The van der Waals surface area contributed by atoms with Gasteiger partial charge in [0.2, 0.25) is 5.91 Å². The predicted octanol–water partition coefficient (Wildman–Crippen LogP) is 4.46. The summed E-state index contributed by atoms with van der Waals surface area (Å²) in [5.74, 6) is 0.681. The van der Waals surface area contributed by atoms with Gasteiger partial charge in [-0.15, -0.1) is 0 Å². The Morgan fingerprint density at radius 3 is 2.55 bits per heavy atom. The monoisotopic (exact) mass is 416 g/mol. The molecule has 0 spiro atoms. The summed E-state index contributed by atoms with van der Waals surface area (Å²) in [5, 5.41) is 4.97. The Balaban J connectivity index is 1.59. The van der Waals surface area contributed by atoms with Gasteiger partial charge in [0.25, 0.3) is 0 Å². The van der Waals surface area contributed by atoms with Crippen LogP contribution in [0.5, 0.6) is 0 Å². The van der Waals surface area contributed by atoms with Crippen molar-refractivity contribution in [2.75, 3.05) is 26.7 Å². The van der Waals surface area contributed by atoms with E-state index in [-0.39, 0.29) is 5.91 Å². The first kappa shape index (κ1) is 21.3. The van der Waals surface area contributed by atoms with Crippen molar-refractivity contribution in [2.24, 2.45) is 5.92 Å². The van der Waals surface area contributed by atoms with Crippen LogP contribution in [-0.4, -0.2) is 52.2 Å². The molecular formula is C26H32N4O. The lowest BCUT2D eigenvalue weighted by Gasteiger charge is -2.21. The third kappa shape index (κ3) is 4.88. The fourth-order valence-corrected chi connectivity index (χ4v) is 4.47. The van der Waals surface area contributed by atoms with E-state index in [2.05, 4.69) is 87.4 Å². The van der Waals surface area contributed by atoms with Gasteiger partial charge in [-0.25, -0.2) is 4.68 Å². The number of rotatable bonds is 7. The first-order valence-electron chi connectivity index (χ1n) is 11.1. The van der Waals surface area contributed by atoms with Crippen LogP contribution in [-0.2, 0) is 11.3 Å². The van der Waals surface area contributed by atoms with Crippen LogP contribution in [0.3, 0.4) is 0 Å². The molecule has 1 amide bonds. The molecule has 162 valence electrons. The minimum absolute atomic E-state index is 0.286. The molecule has 0 saturated carbocycles. The van der Waals surface area contributed by atoms with Crippen LogP contribution in [0.1, 0.15) is 30.0 Å². The van der Waals surface area contributed by atoms with Crippen LogP contribution in [0.25, 0.3) is 16.9 Å². The predicted molar refractivity (Wildman–Crippen MR) is 125 cm³/mol. The van der Waals surface area contributed by atoms with Crippen LogP contribution in [0.15, 0.2) is 54.7 Å². The van der Waals surface area contributed by atoms with Gasteiger partial charge in [-0.3, -0.25) is 4.79 Å². The minimum Gasteiger partial charge on any atom is -0.343 e. The van der Waals surface area contributed by atoms with E-state index in [0.717, 1.165) is 43.1 Å². The van der Waals surface area contributed by atoms with Crippen molar-refractivity contribution in [2.45, 2.75) is 33.7 Å². The average molecular weight is 417 g/mol. The fraction of sp³-hybridized carbons (Fsp3) is 0.385. The first-order valence-corrected chi connectivity index (χ1v) is 11.1. The van der Waals surface area contributed by atoms with E-state index in [4.69, 9.17) is 5.10 Å². The Morgan fingerprint density at radius 1 is 1.10 bits per heavy atom. The second-order valence-corrected chi connectivity index (χ2v) is 8.85. The quantitative estimate of drug-likeness (QED) is 0.571. The second kappa shape index (κ2) is 9.06. The largest absolute Gasteiger partial charge is 0.343 e. The van der Waals surface area contributed by atoms with Gasteiger partial charge in [-0.05, 0) is 51.9 Å². The number of hydrogen-bond donors (Lipinski definition) is 0. The van der Waals surface area contributed by atoms with Gasteiger partial charge in [0.1, 0.15) is 0 Å². The lowest BCUT2D eigenvalue weighted by Crippen LogP contribution is -2.28. The van der Waals surface area contributed by atoms with Gasteiger partial charge < -0.3 is 9.80 Å². The SMILES string of the molecule is CCN1C[C@H](CN(C)Cc2cn(-c3ccc(C)cc3)nc2-c2cccc(C)c2)CC1=O. The van der Waals surface area contributed by atoms with E-state index < -0.39 is 0 Å². The van der Waals surface area contributed by atoms with Gasteiger partial charge in [-0.1, -0.05) is 41.5 Å². The summed E-state index contributed by atoms with van der Waals surface area (Å²) < 4.78 is 1.98. The van der Waals surface area contributed by atoms with Gasteiger partial charge in [0.15, 0.2) is 0 Å². The van der Waals surface area contributed by atoms with E-state index in [9.17, 15) is 4.79 Å². The van der Waals surface area contributed by atoms with Crippen molar-refractivity contribution in [3.8, 4) is 16.9 Å². The molecule has 2 heterocycles. The summed E-state index contributed by atoms with van der Waals surface area (Å²) in [6.45, 7) is 9.64. The number of aromatic nitrogens is 2. The fourth-order valence-electron chi connectivity index (χ4n) is 4.47. The number of likely N-dealkylation sites (tertiary alicyclic amines) is 1. The van der Waals surface area contributed by atoms with Crippen LogP contribution >= 0.6 is 0 Å². The molecule has 2 aromatic carbocycles. The Kier molecular flexibility index (Phi) is 6.23. The average Bonchev–Trinajstić information content (AvgIpc) is 3.31. The molecule has 4 rings (SSSR count). The summed E-state index contributed by atoms with van der Waals surface area (Å²) in [6.07, 6.45) is 2.81. The van der Waals surface area contributed by atoms with Gasteiger partial charge in [0.05, 0.1) is 11.4 Å². The standard InChI is InChI=1S/C26H32N4O/c1-5-29-16-21(14-25(29)31)15-28(4)17-23-18-30(24-11-9-19(2)10-12-24)27-26(23)22-8-6-7-20(3)13-22/h6-13,18,21H,5,14-17H2,1-4H3/t21-/m0/s1. The number of carbonyl (C=O) groups is 1. The maximum Gasteiger partial charge on any atom is 0.222 e. The summed E-state index contributed by atoms with van der Waals surface area (Å²) >= 11 is 0. The smallest absolute Gasteiger partial charge is 0.222 e. The van der Waals surface area contributed by atoms with Crippen molar-refractivity contribution < 1.29 is 4.79 Å². The van der Waals surface area contributed by atoms with Crippen molar-refractivity contribution in [3.05, 3.63) is 71.4 Å². The molecule has 1 fully saturated rings. The van der Waals surface area contributed by atoms with E-state index in [1.807, 2.05) is 9.58 Å². The second-order valence-electron chi connectivity index (χ2n) is 8.85. The van der Waals surface area contributed by atoms with E-state index >= 15 is 0 Å². The maximum atomic E-state index is 12.1. The molecule has 5 heteroatoms. The van der Waals surface area contributed by atoms with Crippen LogP contribution in [0.2, 0.25) is 0 Å². The highest BCUT2D eigenvalue weighted by molar-refractivity contribution is 5.78. The molecule has 0 radical (unpaired) electrons. The van der Waals surface area contributed by atoms with Crippen LogP contribution < -0.4 is 0 Å². The number of aryl methyl sites for hydroxylation is 2. The lowest BCUT2D eigenvalue weighted by molar-refractivity contribution is -0.127. The zero-order valence-corrected chi connectivity index (χ0v) is 19.0. The molecule has 31 heavy (non-hydrogen) atoms. The van der Waals surface area contributed by atoms with Crippen LogP contribution in [0.4, 0.5) is 0 Å². The Bertz CT molecular complexity index is 1050. The Labute approximate surface area is 185 Å². The summed E-state index contributed by atoms with van der Waals surface area (Å²) in [4.78, 5) is 16.4. The highest BCUT2D eigenvalue weighted by Gasteiger charge is 2.29. The molecule has 1 aromatic heterocycles. The molecule has 3 aromatic rings. The van der Waals surface area contributed by atoms with Crippen LogP contribution in [0, 0.1) is 19.8 Å². The minimum atomic E-state index is 0.286. The third-order valence-electron chi connectivity index (χ3n) is 6.07. The van der Waals surface area contributed by atoms with Gasteiger partial charge in [0, 0.05) is 49.9 Å². The van der Waals surface area contributed by atoms with Crippen molar-refractivity contribution in [3.63, 3.8) is 0 Å². The molecule has 1 saturated heterocycles. The number of amides is 1. The molecular weight excluding hydrogens is 384 g/mol. The molecule has 1 atom stereocenters. The number of nitrogens with zero attached hydrogens (tertiary/aromatic N) is 4.